The highest BCUT2D eigenvalue weighted by atomic mass is 16.6. The predicted molar refractivity (Wildman–Crippen MR) is 85.0 cm³/mol. The van der Waals surface area contributed by atoms with Crippen LogP contribution < -0.4 is 5.32 Å². The molecule has 0 saturated heterocycles. The van der Waals surface area contributed by atoms with Crippen molar-refractivity contribution in [3.8, 4) is 5.69 Å². The predicted octanol–water partition coefficient (Wildman–Crippen LogP) is 2.93. The third kappa shape index (κ3) is 2.86. The zero-order valence-corrected chi connectivity index (χ0v) is 12.6. The van der Waals surface area contributed by atoms with Crippen LogP contribution in [0, 0.1) is 24.0 Å². The molecule has 1 N–H and O–H groups in total. The van der Waals surface area contributed by atoms with E-state index in [0.717, 1.165) is 22.8 Å². The van der Waals surface area contributed by atoms with Gasteiger partial charge in [0.2, 0.25) is 5.95 Å². The Hall–Kier alpha value is -3.29. The van der Waals surface area contributed by atoms with Crippen molar-refractivity contribution >= 4 is 17.3 Å². The second-order valence-electron chi connectivity index (χ2n) is 4.94. The monoisotopic (exact) mass is 310 g/mol. The number of rotatable bonds is 4. The van der Waals surface area contributed by atoms with E-state index in [4.69, 9.17) is 0 Å². The molecule has 0 radical (unpaired) electrons. The zero-order chi connectivity index (χ0) is 16.4. The smallest absolute Gasteiger partial charge is 0.305 e. The van der Waals surface area contributed by atoms with Crippen LogP contribution in [0.15, 0.2) is 42.7 Å². The number of hydrogen-bond acceptors (Lipinski definition) is 6. The van der Waals surface area contributed by atoms with Crippen molar-refractivity contribution in [2.75, 3.05) is 5.32 Å². The molecule has 1 aromatic carbocycles. The van der Waals surface area contributed by atoms with Crippen molar-refractivity contribution in [1.82, 2.24) is 19.7 Å². The first-order valence-corrected chi connectivity index (χ1v) is 6.91. The lowest BCUT2D eigenvalue weighted by atomic mass is 10.3. The summed E-state index contributed by atoms with van der Waals surface area (Å²) in [4.78, 5) is 18.0. The van der Waals surface area contributed by atoms with E-state index in [1.807, 2.05) is 48.9 Å². The quantitative estimate of drug-likeness (QED) is 0.587. The summed E-state index contributed by atoms with van der Waals surface area (Å²) >= 11 is 0. The highest BCUT2D eigenvalue weighted by Crippen LogP contribution is 2.25. The Balaban J connectivity index is 1.92. The van der Waals surface area contributed by atoms with Crippen molar-refractivity contribution in [3.63, 3.8) is 0 Å². The van der Waals surface area contributed by atoms with Gasteiger partial charge in [-0.3, -0.25) is 10.1 Å². The molecule has 0 aliphatic rings. The van der Waals surface area contributed by atoms with Crippen LogP contribution in [0.1, 0.15) is 11.4 Å². The highest BCUT2D eigenvalue weighted by molar-refractivity contribution is 5.61. The third-order valence-electron chi connectivity index (χ3n) is 3.38. The number of benzene rings is 1. The molecule has 0 atom stereocenters. The normalized spacial score (nSPS) is 10.5. The Bertz CT molecular complexity index is 842. The Kier molecular flexibility index (Phi) is 3.71. The molecule has 2 heterocycles. The van der Waals surface area contributed by atoms with E-state index < -0.39 is 4.92 Å². The van der Waals surface area contributed by atoms with Gasteiger partial charge < -0.3 is 5.32 Å². The Morgan fingerprint density at radius 3 is 2.39 bits per heavy atom. The summed E-state index contributed by atoms with van der Waals surface area (Å²) in [7, 11) is 0. The van der Waals surface area contributed by atoms with E-state index in [1.54, 1.807) is 0 Å². The fraction of sp³-hybridized carbons (Fsp3) is 0.133. The molecule has 0 spiro atoms. The maximum Gasteiger partial charge on any atom is 0.305 e. The van der Waals surface area contributed by atoms with Crippen molar-refractivity contribution in [2.24, 2.45) is 0 Å². The Morgan fingerprint density at radius 2 is 1.78 bits per heavy atom. The van der Waals surface area contributed by atoms with Crippen molar-refractivity contribution in [2.45, 2.75) is 13.8 Å². The van der Waals surface area contributed by atoms with E-state index in [-0.39, 0.29) is 11.6 Å². The number of nitrogens with one attached hydrogen (secondary N) is 1. The van der Waals surface area contributed by atoms with Crippen LogP contribution in [-0.4, -0.2) is 24.7 Å². The molecule has 0 fully saturated rings. The minimum atomic E-state index is -0.534. The van der Waals surface area contributed by atoms with Gasteiger partial charge in [-0.1, -0.05) is 18.2 Å². The second-order valence-corrected chi connectivity index (χ2v) is 4.94. The van der Waals surface area contributed by atoms with Crippen LogP contribution >= 0.6 is 0 Å². The van der Waals surface area contributed by atoms with Crippen molar-refractivity contribution < 1.29 is 4.92 Å². The summed E-state index contributed by atoms with van der Waals surface area (Å²) in [6.45, 7) is 3.81. The van der Waals surface area contributed by atoms with Gasteiger partial charge >= 0.3 is 5.69 Å². The number of aromatic nitrogens is 4. The van der Waals surface area contributed by atoms with Crippen molar-refractivity contribution in [1.29, 1.82) is 0 Å². The van der Waals surface area contributed by atoms with Gasteiger partial charge in [0, 0.05) is 0 Å². The van der Waals surface area contributed by atoms with Crippen LogP contribution in [0.3, 0.4) is 0 Å². The summed E-state index contributed by atoms with van der Waals surface area (Å²) in [5.74, 6) is 0.286. The fourth-order valence-electron chi connectivity index (χ4n) is 2.24. The first-order valence-electron chi connectivity index (χ1n) is 6.91. The van der Waals surface area contributed by atoms with Crippen LogP contribution in [0.25, 0.3) is 5.69 Å². The zero-order valence-electron chi connectivity index (χ0n) is 12.6. The summed E-state index contributed by atoms with van der Waals surface area (Å²) < 4.78 is 1.82. The van der Waals surface area contributed by atoms with Crippen LogP contribution in [0.2, 0.25) is 0 Å². The molecule has 0 amide bonds. The molecule has 0 saturated carbocycles. The van der Waals surface area contributed by atoms with Gasteiger partial charge in [-0.25, -0.2) is 14.6 Å². The van der Waals surface area contributed by atoms with Gasteiger partial charge in [0.15, 0.2) is 0 Å². The minimum Gasteiger partial charge on any atom is -0.321 e. The fourth-order valence-corrected chi connectivity index (χ4v) is 2.24. The maximum absolute atomic E-state index is 10.6. The van der Waals surface area contributed by atoms with E-state index in [1.165, 1.54) is 12.4 Å². The summed E-state index contributed by atoms with van der Waals surface area (Å²) in [5.41, 5.74) is 3.27. The largest absolute Gasteiger partial charge is 0.321 e. The van der Waals surface area contributed by atoms with Gasteiger partial charge in [0.05, 0.1) is 27.7 Å². The average Bonchev–Trinajstić information content (AvgIpc) is 2.84. The average molecular weight is 310 g/mol. The number of nitrogens with zero attached hydrogens (tertiary/aromatic N) is 5. The summed E-state index contributed by atoms with van der Waals surface area (Å²) in [6.07, 6.45) is 2.34. The van der Waals surface area contributed by atoms with Crippen LogP contribution in [0.5, 0.6) is 0 Å². The molecule has 0 aliphatic carbocycles. The van der Waals surface area contributed by atoms with Crippen molar-refractivity contribution in [3.05, 3.63) is 64.2 Å². The first-order chi connectivity index (χ1) is 11.1. The Labute approximate surface area is 132 Å². The molecule has 2 aromatic heterocycles. The molecular formula is C15H14N6O2. The number of hydrogen-bond donors (Lipinski definition) is 1. The highest BCUT2D eigenvalue weighted by Gasteiger charge is 2.14. The van der Waals surface area contributed by atoms with Gasteiger partial charge in [0.1, 0.15) is 12.4 Å². The van der Waals surface area contributed by atoms with E-state index in [2.05, 4.69) is 20.4 Å². The molecule has 3 rings (SSSR count). The number of anilines is 2. The lowest BCUT2D eigenvalue weighted by molar-refractivity contribution is -0.385. The number of nitro groups is 1. The SMILES string of the molecule is Cc1nn(-c2ccccc2)c(C)c1Nc1ncc([N+](=O)[O-])cn1. The first kappa shape index (κ1) is 14.6. The standard InChI is InChI=1S/C15H14N6O2/c1-10-14(18-15-16-8-13(9-17-15)21(22)23)11(2)20(19-10)12-6-4-3-5-7-12/h3-9H,1-2H3,(H,16,17,18). The lowest BCUT2D eigenvalue weighted by Crippen LogP contribution is -2.01. The molecule has 8 heteroatoms. The minimum absolute atomic E-state index is 0.149. The van der Waals surface area contributed by atoms with Gasteiger partial charge in [-0.05, 0) is 26.0 Å². The second kappa shape index (κ2) is 5.84. The lowest BCUT2D eigenvalue weighted by Gasteiger charge is -2.06. The molecule has 3 aromatic rings. The third-order valence-corrected chi connectivity index (χ3v) is 3.38. The topological polar surface area (TPSA) is 98.8 Å². The molecular weight excluding hydrogens is 296 g/mol. The van der Waals surface area contributed by atoms with Gasteiger partial charge in [-0.2, -0.15) is 5.10 Å². The molecule has 8 nitrogen and oxygen atoms in total. The van der Waals surface area contributed by atoms with Crippen LogP contribution in [-0.2, 0) is 0 Å². The summed E-state index contributed by atoms with van der Waals surface area (Å²) in [5, 5.41) is 18.2. The Morgan fingerprint density at radius 1 is 1.13 bits per heavy atom. The van der Waals surface area contributed by atoms with E-state index in [0.29, 0.717) is 0 Å². The molecule has 0 unspecified atom stereocenters. The van der Waals surface area contributed by atoms with E-state index in [9.17, 15) is 10.1 Å². The summed E-state index contributed by atoms with van der Waals surface area (Å²) in [6, 6.07) is 9.76. The molecule has 0 aliphatic heterocycles. The molecule has 23 heavy (non-hydrogen) atoms. The molecule has 0 bridgehead atoms. The van der Waals surface area contributed by atoms with Gasteiger partial charge in [-0.15, -0.1) is 0 Å². The van der Waals surface area contributed by atoms with E-state index >= 15 is 0 Å². The number of aryl methyl sites for hydroxylation is 1. The number of para-hydroxylation sites is 1. The maximum atomic E-state index is 10.6. The van der Waals surface area contributed by atoms with Gasteiger partial charge in [0.25, 0.3) is 0 Å². The van der Waals surface area contributed by atoms with Crippen LogP contribution in [0.4, 0.5) is 17.3 Å². The molecule has 116 valence electrons.